The van der Waals surface area contributed by atoms with Gasteiger partial charge in [0.1, 0.15) is 0 Å². The average molecular weight is 269 g/mol. The molecule has 0 saturated carbocycles. The molecule has 0 aromatic heterocycles. The van der Waals surface area contributed by atoms with E-state index in [9.17, 15) is 10.1 Å². The molecular formula is C17H19NO2. The normalized spacial score (nSPS) is 10.4. The van der Waals surface area contributed by atoms with Gasteiger partial charge in [-0.1, -0.05) is 48.9 Å². The first-order valence-corrected chi connectivity index (χ1v) is 7.03. The van der Waals surface area contributed by atoms with Crippen LogP contribution in [0.15, 0.2) is 54.6 Å². The molecule has 0 unspecified atom stereocenters. The topological polar surface area (TPSA) is 43.1 Å². The van der Waals surface area contributed by atoms with E-state index in [4.69, 9.17) is 0 Å². The largest absolute Gasteiger partial charge is 0.269 e. The number of unbranched alkanes of at least 4 members (excludes halogenated alkanes) is 2. The number of nitro groups is 1. The number of non-ortho nitro benzene ring substituents is 1. The molecule has 0 fully saturated rings. The van der Waals surface area contributed by atoms with Gasteiger partial charge < -0.3 is 0 Å². The zero-order valence-corrected chi connectivity index (χ0v) is 11.5. The Kier molecular flexibility index (Phi) is 5.30. The van der Waals surface area contributed by atoms with E-state index in [-0.39, 0.29) is 10.6 Å². The molecule has 0 bridgehead atoms. The van der Waals surface area contributed by atoms with E-state index in [1.54, 1.807) is 12.1 Å². The molecule has 0 atom stereocenters. The predicted octanol–water partition coefficient (Wildman–Crippen LogP) is 4.55. The lowest BCUT2D eigenvalue weighted by molar-refractivity contribution is -0.384. The van der Waals surface area contributed by atoms with Crippen molar-refractivity contribution in [3.63, 3.8) is 0 Å². The van der Waals surface area contributed by atoms with Crippen molar-refractivity contribution in [2.24, 2.45) is 0 Å². The van der Waals surface area contributed by atoms with Gasteiger partial charge in [0.05, 0.1) is 4.92 Å². The second-order valence-corrected chi connectivity index (χ2v) is 4.97. The van der Waals surface area contributed by atoms with Crippen molar-refractivity contribution in [3.8, 4) is 0 Å². The zero-order valence-electron chi connectivity index (χ0n) is 11.5. The van der Waals surface area contributed by atoms with Gasteiger partial charge in [-0.25, -0.2) is 0 Å². The highest BCUT2D eigenvalue weighted by molar-refractivity contribution is 5.32. The highest BCUT2D eigenvalue weighted by atomic mass is 16.6. The van der Waals surface area contributed by atoms with Crippen LogP contribution in [-0.4, -0.2) is 4.92 Å². The summed E-state index contributed by atoms with van der Waals surface area (Å²) in [6.45, 7) is 0. The van der Waals surface area contributed by atoms with E-state index in [0.717, 1.165) is 19.3 Å². The Hall–Kier alpha value is -2.16. The Bertz CT molecular complexity index is 535. The number of benzene rings is 2. The first kappa shape index (κ1) is 14.3. The Morgan fingerprint density at radius 1 is 0.750 bits per heavy atom. The Morgan fingerprint density at radius 2 is 1.30 bits per heavy atom. The maximum absolute atomic E-state index is 10.6. The molecule has 2 aromatic rings. The average Bonchev–Trinajstić information content (AvgIpc) is 2.48. The lowest BCUT2D eigenvalue weighted by Crippen LogP contribution is -1.91. The summed E-state index contributed by atoms with van der Waals surface area (Å²) in [5.74, 6) is 0. The third-order valence-electron chi connectivity index (χ3n) is 3.42. The van der Waals surface area contributed by atoms with Crippen LogP contribution in [0.5, 0.6) is 0 Å². The monoisotopic (exact) mass is 269 g/mol. The maximum Gasteiger partial charge on any atom is 0.269 e. The van der Waals surface area contributed by atoms with Gasteiger partial charge in [0.2, 0.25) is 0 Å². The van der Waals surface area contributed by atoms with E-state index in [1.807, 2.05) is 18.2 Å². The molecule has 3 heteroatoms. The summed E-state index contributed by atoms with van der Waals surface area (Å²) in [6, 6.07) is 17.4. The highest BCUT2D eigenvalue weighted by Crippen LogP contribution is 2.14. The van der Waals surface area contributed by atoms with Crippen LogP contribution in [0, 0.1) is 10.1 Å². The van der Waals surface area contributed by atoms with Crippen molar-refractivity contribution in [3.05, 3.63) is 75.8 Å². The number of rotatable bonds is 7. The molecule has 104 valence electrons. The van der Waals surface area contributed by atoms with Crippen molar-refractivity contribution in [2.75, 3.05) is 0 Å². The number of hydrogen-bond donors (Lipinski definition) is 0. The van der Waals surface area contributed by atoms with E-state index >= 15 is 0 Å². The van der Waals surface area contributed by atoms with E-state index < -0.39 is 0 Å². The minimum atomic E-state index is -0.358. The Labute approximate surface area is 119 Å². The molecule has 0 aliphatic rings. The zero-order chi connectivity index (χ0) is 14.2. The molecule has 0 aliphatic heterocycles. The molecule has 3 nitrogen and oxygen atoms in total. The van der Waals surface area contributed by atoms with Crippen LogP contribution in [-0.2, 0) is 12.8 Å². The molecule has 0 amide bonds. The van der Waals surface area contributed by atoms with Crippen LogP contribution in [0.1, 0.15) is 30.4 Å². The standard InChI is InChI=1S/C17H19NO2/c19-18(20)17-13-11-16(12-14-17)10-6-2-5-9-15-7-3-1-4-8-15/h1,3-4,7-8,11-14H,2,5-6,9-10H2. The summed E-state index contributed by atoms with van der Waals surface area (Å²) >= 11 is 0. The quantitative estimate of drug-likeness (QED) is 0.420. The lowest BCUT2D eigenvalue weighted by Gasteiger charge is -2.03. The second kappa shape index (κ2) is 7.43. The van der Waals surface area contributed by atoms with Crippen molar-refractivity contribution >= 4 is 5.69 Å². The smallest absolute Gasteiger partial charge is 0.258 e. The van der Waals surface area contributed by atoms with Crippen LogP contribution in [0.4, 0.5) is 5.69 Å². The van der Waals surface area contributed by atoms with Crippen LogP contribution < -0.4 is 0 Å². The molecule has 0 N–H and O–H groups in total. The van der Waals surface area contributed by atoms with Crippen LogP contribution in [0.3, 0.4) is 0 Å². The fourth-order valence-corrected chi connectivity index (χ4v) is 2.26. The maximum atomic E-state index is 10.6. The third kappa shape index (κ3) is 4.50. The number of hydrogen-bond acceptors (Lipinski definition) is 2. The van der Waals surface area contributed by atoms with Gasteiger partial charge in [-0.05, 0) is 36.8 Å². The summed E-state index contributed by atoms with van der Waals surface area (Å²) in [7, 11) is 0. The summed E-state index contributed by atoms with van der Waals surface area (Å²) < 4.78 is 0. The van der Waals surface area contributed by atoms with Gasteiger partial charge in [-0.2, -0.15) is 0 Å². The Morgan fingerprint density at radius 3 is 1.85 bits per heavy atom. The van der Waals surface area contributed by atoms with E-state index in [0.29, 0.717) is 0 Å². The molecular weight excluding hydrogens is 250 g/mol. The molecule has 0 heterocycles. The molecule has 0 aliphatic carbocycles. The van der Waals surface area contributed by atoms with Crippen molar-refractivity contribution in [1.82, 2.24) is 0 Å². The van der Waals surface area contributed by atoms with Gasteiger partial charge in [-0.15, -0.1) is 0 Å². The Balaban J connectivity index is 1.67. The first-order chi connectivity index (χ1) is 9.75. The SMILES string of the molecule is O=[N+]([O-])c1ccc(CCCCCc2ccccc2)cc1. The second-order valence-electron chi connectivity index (χ2n) is 4.97. The molecule has 2 rings (SSSR count). The van der Waals surface area contributed by atoms with Gasteiger partial charge >= 0.3 is 0 Å². The van der Waals surface area contributed by atoms with Gasteiger partial charge in [-0.3, -0.25) is 10.1 Å². The van der Waals surface area contributed by atoms with E-state index in [2.05, 4.69) is 24.3 Å². The third-order valence-corrected chi connectivity index (χ3v) is 3.42. The molecule has 0 radical (unpaired) electrons. The van der Waals surface area contributed by atoms with Gasteiger partial charge in [0.15, 0.2) is 0 Å². The number of nitro benzene ring substituents is 1. The van der Waals surface area contributed by atoms with Crippen molar-refractivity contribution in [2.45, 2.75) is 32.1 Å². The minimum absolute atomic E-state index is 0.165. The predicted molar refractivity (Wildman–Crippen MR) is 80.8 cm³/mol. The lowest BCUT2D eigenvalue weighted by atomic mass is 10.0. The van der Waals surface area contributed by atoms with Gasteiger partial charge in [0.25, 0.3) is 5.69 Å². The summed E-state index contributed by atoms with van der Waals surface area (Å²) in [5, 5.41) is 10.6. The fraction of sp³-hybridized carbons (Fsp3) is 0.294. The summed E-state index contributed by atoms with van der Waals surface area (Å²) in [4.78, 5) is 10.2. The molecule has 0 spiro atoms. The van der Waals surface area contributed by atoms with Gasteiger partial charge in [0, 0.05) is 12.1 Å². The van der Waals surface area contributed by atoms with Crippen molar-refractivity contribution in [1.29, 1.82) is 0 Å². The number of aryl methyl sites for hydroxylation is 2. The van der Waals surface area contributed by atoms with Crippen molar-refractivity contribution < 1.29 is 4.92 Å². The number of nitrogens with zero attached hydrogens (tertiary/aromatic N) is 1. The summed E-state index contributed by atoms with van der Waals surface area (Å²) in [5.41, 5.74) is 2.73. The molecule has 2 aromatic carbocycles. The fourth-order valence-electron chi connectivity index (χ4n) is 2.26. The van der Waals surface area contributed by atoms with Crippen LogP contribution >= 0.6 is 0 Å². The highest BCUT2D eigenvalue weighted by Gasteiger charge is 2.03. The van der Waals surface area contributed by atoms with Crippen LogP contribution in [0.2, 0.25) is 0 Å². The minimum Gasteiger partial charge on any atom is -0.258 e. The molecule has 0 saturated heterocycles. The summed E-state index contributed by atoms with van der Waals surface area (Å²) in [6.07, 6.45) is 5.63. The van der Waals surface area contributed by atoms with Crippen LogP contribution in [0.25, 0.3) is 0 Å². The first-order valence-electron chi connectivity index (χ1n) is 7.03. The molecule has 20 heavy (non-hydrogen) atoms. The van der Waals surface area contributed by atoms with E-state index in [1.165, 1.54) is 24.0 Å².